The van der Waals surface area contributed by atoms with Crippen molar-refractivity contribution in [2.24, 2.45) is 7.05 Å². The van der Waals surface area contributed by atoms with Crippen molar-refractivity contribution in [1.82, 2.24) is 14.9 Å². The predicted octanol–water partition coefficient (Wildman–Crippen LogP) is 4.26. The van der Waals surface area contributed by atoms with E-state index in [4.69, 9.17) is 16.3 Å². The second kappa shape index (κ2) is 8.54. The lowest BCUT2D eigenvalue weighted by Crippen LogP contribution is -2.35. The van der Waals surface area contributed by atoms with Crippen molar-refractivity contribution < 1.29 is 13.9 Å². The molecule has 0 saturated carbocycles. The van der Waals surface area contributed by atoms with Crippen LogP contribution in [0.15, 0.2) is 59.3 Å². The van der Waals surface area contributed by atoms with Gasteiger partial charge in [-0.25, -0.2) is 9.37 Å². The van der Waals surface area contributed by atoms with Gasteiger partial charge in [-0.1, -0.05) is 29.8 Å². The SMILES string of the molecule is Cn1ccnc1C(NC(=O)COc1ccc(Cl)cc1Br)c1ccccc1F. The van der Waals surface area contributed by atoms with Crippen LogP contribution in [0.2, 0.25) is 5.02 Å². The van der Waals surface area contributed by atoms with E-state index < -0.39 is 17.8 Å². The van der Waals surface area contributed by atoms with Crippen molar-refractivity contribution in [3.63, 3.8) is 0 Å². The van der Waals surface area contributed by atoms with Gasteiger partial charge in [-0.3, -0.25) is 4.79 Å². The molecule has 0 bridgehead atoms. The minimum absolute atomic E-state index is 0.240. The monoisotopic (exact) mass is 451 g/mol. The zero-order chi connectivity index (χ0) is 19.4. The number of nitrogens with zero attached hydrogens (tertiary/aromatic N) is 2. The van der Waals surface area contributed by atoms with Gasteiger partial charge in [0.05, 0.1) is 4.47 Å². The zero-order valence-electron chi connectivity index (χ0n) is 14.3. The highest BCUT2D eigenvalue weighted by Crippen LogP contribution is 2.28. The van der Waals surface area contributed by atoms with E-state index in [1.54, 1.807) is 60.4 Å². The van der Waals surface area contributed by atoms with Crippen LogP contribution >= 0.6 is 27.5 Å². The quantitative estimate of drug-likeness (QED) is 0.608. The first-order valence-corrected chi connectivity index (χ1v) is 9.21. The third-order valence-electron chi connectivity index (χ3n) is 3.89. The fourth-order valence-electron chi connectivity index (χ4n) is 2.58. The number of imidazole rings is 1. The minimum atomic E-state index is -0.740. The normalized spacial score (nSPS) is 11.9. The van der Waals surface area contributed by atoms with Gasteiger partial charge < -0.3 is 14.6 Å². The van der Waals surface area contributed by atoms with Crippen molar-refractivity contribution >= 4 is 33.4 Å². The van der Waals surface area contributed by atoms with Crippen molar-refractivity contribution in [2.45, 2.75) is 6.04 Å². The highest BCUT2D eigenvalue weighted by molar-refractivity contribution is 9.10. The van der Waals surface area contributed by atoms with Gasteiger partial charge in [-0.05, 0) is 40.2 Å². The Hall–Kier alpha value is -2.38. The molecular formula is C19H16BrClFN3O2. The van der Waals surface area contributed by atoms with Gasteiger partial charge in [0, 0.05) is 30.0 Å². The number of amides is 1. The molecule has 1 atom stereocenters. The Labute approximate surface area is 169 Å². The van der Waals surface area contributed by atoms with Crippen molar-refractivity contribution in [3.05, 3.63) is 81.6 Å². The molecule has 1 N–H and O–H groups in total. The van der Waals surface area contributed by atoms with Crippen LogP contribution in [0.3, 0.4) is 0 Å². The van der Waals surface area contributed by atoms with E-state index >= 15 is 0 Å². The molecule has 0 fully saturated rings. The highest BCUT2D eigenvalue weighted by atomic mass is 79.9. The molecular weight excluding hydrogens is 437 g/mol. The average molecular weight is 453 g/mol. The lowest BCUT2D eigenvalue weighted by atomic mass is 10.1. The van der Waals surface area contributed by atoms with E-state index in [9.17, 15) is 9.18 Å². The molecule has 1 aromatic heterocycles. The van der Waals surface area contributed by atoms with E-state index in [0.717, 1.165) is 0 Å². The average Bonchev–Trinajstić information content (AvgIpc) is 3.05. The summed E-state index contributed by atoms with van der Waals surface area (Å²) in [6.45, 7) is -0.240. The molecule has 140 valence electrons. The maximum atomic E-state index is 14.3. The Morgan fingerprint density at radius 1 is 1.37 bits per heavy atom. The Morgan fingerprint density at radius 3 is 2.81 bits per heavy atom. The number of carbonyl (C=O) groups is 1. The zero-order valence-corrected chi connectivity index (χ0v) is 16.7. The van der Waals surface area contributed by atoms with Crippen LogP contribution in [-0.2, 0) is 11.8 Å². The Morgan fingerprint density at radius 2 is 2.15 bits per heavy atom. The van der Waals surface area contributed by atoms with Crippen LogP contribution in [0, 0.1) is 5.82 Å². The van der Waals surface area contributed by atoms with Crippen molar-refractivity contribution in [1.29, 1.82) is 0 Å². The second-order valence-corrected chi connectivity index (χ2v) is 7.07. The molecule has 27 heavy (non-hydrogen) atoms. The van der Waals surface area contributed by atoms with Gasteiger partial charge in [0.15, 0.2) is 6.61 Å². The Bertz CT molecular complexity index is 964. The number of nitrogens with one attached hydrogen (secondary N) is 1. The molecule has 2 aromatic carbocycles. The number of aryl methyl sites for hydroxylation is 1. The topological polar surface area (TPSA) is 56.2 Å². The molecule has 1 unspecified atom stereocenters. The van der Waals surface area contributed by atoms with E-state index in [1.807, 2.05) is 0 Å². The number of aromatic nitrogens is 2. The van der Waals surface area contributed by atoms with Gasteiger partial charge >= 0.3 is 0 Å². The maximum absolute atomic E-state index is 14.3. The number of rotatable bonds is 6. The van der Waals surface area contributed by atoms with Crippen LogP contribution in [0.5, 0.6) is 5.75 Å². The molecule has 0 aliphatic heterocycles. The first kappa shape index (κ1) is 19.4. The summed E-state index contributed by atoms with van der Waals surface area (Å²) in [7, 11) is 1.78. The number of benzene rings is 2. The number of carbonyl (C=O) groups excluding carboxylic acids is 1. The summed E-state index contributed by atoms with van der Waals surface area (Å²) >= 11 is 9.22. The third kappa shape index (κ3) is 4.67. The molecule has 1 heterocycles. The standard InChI is InChI=1S/C19H16BrClFN3O2/c1-25-9-8-23-19(25)18(13-4-2-3-5-15(13)22)24-17(26)11-27-16-7-6-12(21)10-14(16)20/h2-10,18H,11H2,1H3,(H,24,26). The van der Waals surface area contributed by atoms with Crippen LogP contribution in [0.25, 0.3) is 0 Å². The van der Waals surface area contributed by atoms with E-state index in [0.29, 0.717) is 26.6 Å². The van der Waals surface area contributed by atoms with E-state index in [2.05, 4.69) is 26.2 Å². The lowest BCUT2D eigenvalue weighted by Gasteiger charge is -2.20. The fraction of sp³-hybridized carbons (Fsp3) is 0.158. The highest BCUT2D eigenvalue weighted by Gasteiger charge is 2.23. The first-order chi connectivity index (χ1) is 13.0. The number of hydrogen-bond acceptors (Lipinski definition) is 3. The van der Waals surface area contributed by atoms with Gasteiger partial charge in [0.2, 0.25) is 0 Å². The molecule has 0 saturated heterocycles. The van der Waals surface area contributed by atoms with Crippen LogP contribution in [0.1, 0.15) is 17.4 Å². The molecule has 5 nitrogen and oxygen atoms in total. The van der Waals surface area contributed by atoms with Crippen LogP contribution in [-0.4, -0.2) is 22.1 Å². The largest absolute Gasteiger partial charge is 0.483 e. The van der Waals surface area contributed by atoms with Crippen LogP contribution < -0.4 is 10.1 Å². The molecule has 0 radical (unpaired) electrons. The molecule has 3 rings (SSSR count). The summed E-state index contributed by atoms with van der Waals surface area (Å²) in [5, 5.41) is 3.34. The van der Waals surface area contributed by atoms with E-state index in [-0.39, 0.29) is 6.61 Å². The Balaban J connectivity index is 1.77. The van der Waals surface area contributed by atoms with Gasteiger partial charge in [-0.15, -0.1) is 0 Å². The molecule has 1 amide bonds. The summed E-state index contributed by atoms with van der Waals surface area (Å²) in [4.78, 5) is 16.7. The minimum Gasteiger partial charge on any atom is -0.483 e. The van der Waals surface area contributed by atoms with Crippen molar-refractivity contribution in [2.75, 3.05) is 6.61 Å². The smallest absolute Gasteiger partial charge is 0.258 e. The second-order valence-electron chi connectivity index (χ2n) is 5.78. The summed E-state index contributed by atoms with van der Waals surface area (Å²) in [6, 6.07) is 10.5. The van der Waals surface area contributed by atoms with Gasteiger partial charge in [0.25, 0.3) is 5.91 Å². The molecule has 0 aliphatic rings. The Kier molecular flexibility index (Phi) is 6.13. The van der Waals surface area contributed by atoms with E-state index in [1.165, 1.54) is 6.07 Å². The molecule has 0 aliphatic carbocycles. The fourth-order valence-corrected chi connectivity index (χ4v) is 3.38. The molecule has 3 aromatic rings. The molecule has 8 heteroatoms. The summed E-state index contributed by atoms with van der Waals surface area (Å²) in [6.07, 6.45) is 3.33. The number of halogens is 3. The van der Waals surface area contributed by atoms with Gasteiger partial charge in [-0.2, -0.15) is 0 Å². The lowest BCUT2D eigenvalue weighted by molar-refractivity contribution is -0.123. The summed E-state index contributed by atoms with van der Waals surface area (Å²) in [5.41, 5.74) is 0.327. The van der Waals surface area contributed by atoms with Gasteiger partial charge in [0.1, 0.15) is 23.4 Å². The maximum Gasteiger partial charge on any atom is 0.258 e. The summed E-state index contributed by atoms with van der Waals surface area (Å²) < 4.78 is 22.2. The first-order valence-electron chi connectivity index (χ1n) is 8.04. The number of ether oxygens (including phenoxy) is 1. The summed E-state index contributed by atoms with van der Waals surface area (Å²) in [5.74, 6) is 0.162. The van der Waals surface area contributed by atoms with Crippen molar-refractivity contribution in [3.8, 4) is 5.75 Å². The molecule has 0 spiro atoms. The third-order valence-corrected chi connectivity index (χ3v) is 4.75. The number of hydrogen-bond donors (Lipinski definition) is 1. The van der Waals surface area contributed by atoms with Crippen LogP contribution in [0.4, 0.5) is 4.39 Å². The predicted molar refractivity (Wildman–Crippen MR) is 104 cm³/mol.